The number of hydrogen-bond donors (Lipinski definition) is 1. The van der Waals surface area contributed by atoms with E-state index in [9.17, 15) is 0 Å². The topological polar surface area (TPSA) is 15.3 Å². The third-order valence-electron chi connectivity index (χ3n) is 4.13. The minimum atomic E-state index is 0.379. The molecular weight excluding hydrogens is 228 g/mol. The lowest BCUT2D eigenvalue weighted by molar-refractivity contribution is 0.156. The average molecular weight is 256 g/mol. The van der Waals surface area contributed by atoms with Crippen LogP contribution in [0.25, 0.3) is 0 Å². The predicted molar refractivity (Wildman–Crippen MR) is 77.8 cm³/mol. The third kappa shape index (κ3) is 3.87. The fraction of sp³-hybridized carbons (Fsp3) is 1.00. The van der Waals surface area contributed by atoms with Crippen LogP contribution in [0, 0.1) is 5.41 Å². The Hall–Kier alpha value is 0.270. The van der Waals surface area contributed by atoms with Gasteiger partial charge in [0.05, 0.1) is 0 Å². The maximum Gasteiger partial charge on any atom is 0.0243 e. The summed E-state index contributed by atoms with van der Waals surface area (Å²) in [5.41, 5.74) is 0.379. The molecule has 0 bridgehead atoms. The Bertz CT molecular complexity index is 231. The van der Waals surface area contributed by atoms with Crippen LogP contribution in [0.5, 0.6) is 0 Å². The van der Waals surface area contributed by atoms with E-state index in [0.717, 1.165) is 6.04 Å². The van der Waals surface area contributed by atoms with Crippen LogP contribution in [0.2, 0.25) is 0 Å². The van der Waals surface area contributed by atoms with Crippen LogP contribution in [0.15, 0.2) is 0 Å². The molecular formula is C14H28N2S. The van der Waals surface area contributed by atoms with E-state index in [1.165, 1.54) is 50.4 Å². The fourth-order valence-corrected chi connectivity index (χ4v) is 4.06. The molecule has 0 aromatic carbocycles. The van der Waals surface area contributed by atoms with E-state index in [0.29, 0.717) is 11.5 Å². The predicted octanol–water partition coefficient (Wildman–Crippen LogP) is 2.59. The van der Waals surface area contributed by atoms with Crippen LogP contribution in [-0.4, -0.2) is 48.1 Å². The van der Waals surface area contributed by atoms with Crippen LogP contribution < -0.4 is 5.32 Å². The van der Waals surface area contributed by atoms with Gasteiger partial charge in [-0.1, -0.05) is 20.8 Å². The fourth-order valence-electron chi connectivity index (χ4n) is 2.87. The molecule has 2 aliphatic rings. The first kappa shape index (κ1) is 13.7. The monoisotopic (exact) mass is 256 g/mol. The Kier molecular flexibility index (Phi) is 4.79. The van der Waals surface area contributed by atoms with Gasteiger partial charge in [-0.3, -0.25) is 4.90 Å². The van der Waals surface area contributed by atoms with Crippen LogP contribution in [0.3, 0.4) is 0 Å². The van der Waals surface area contributed by atoms with Crippen molar-refractivity contribution in [2.24, 2.45) is 5.41 Å². The van der Waals surface area contributed by atoms with Crippen molar-refractivity contribution in [3.8, 4) is 0 Å². The van der Waals surface area contributed by atoms with Crippen LogP contribution in [-0.2, 0) is 0 Å². The zero-order chi connectivity index (χ0) is 12.3. The van der Waals surface area contributed by atoms with Gasteiger partial charge in [0, 0.05) is 24.4 Å². The number of nitrogens with zero attached hydrogens (tertiary/aromatic N) is 1. The number of hydrogen-bond acceptors (Lipinski definition) is 3. The molecule has 0 spiro atoms. The summed E-state index contributed by atoms with van der Waals surface area (Å²) in [4.78, 5) is 2.77. The van der Waals surface area contributed by atoms with Crippen molar-refractivity contribution in [1.82, 2.24) is 10.2 Å². The van der Waals surface area contributed by atoms with Gasteiger partial charge in [0.15, 0.2) is 0 Å². The van der Waals surface area contributed by atoms with Gasteiger partial charge in [-0.25, -0.2) is 0 Å². The van der Waals surface area contributed by atoms with Crippen molar-refractivity contribution in [2.45, 2.75) is 52.1 Å². The van der Waals surface area contributed by atoms with Gasteiger partial charge in [0.25, 0.3) is 0 Å². The molecule has 2 rings (SSSR count). The Balaban J connectivity index is 1.96. The smallest absolute Gasteiger partial charge is 0.0243 e. The molecule has 2 saturated heterocycles. The second kappa shape index (κ2) is 5.94. The second-order valence-electron chi connectivity index (χ2n) is 6.59. The minimum Gasteiger partial charge on any atom is -0.312 e. The van der Waals surface area contributed by atoms with Crippen molar-refractivity contribution in [3.63, 3.8) is 0 Å². The Labute approximate surface area is 111 Å². The summed E-state index contributed by atoms with van der Waals surface area (Å²) >= 11 is 2.15. The maximum absolute atomic E-state index is 3.74. The Morgan fingerprint density at radius 1 is 1.24 bits per heavy atom. The third-order valence-corrected chi connectivity index (χ3v) is 5.33. The summed E-state index contributed by atoms with van der Waals surface area (Å²) in [5.74, 6) is 2.74. The van der Waals surface area contributed by atoms with Crippen LogP contribution in [0.4, 0.5) is 0 Å². The molecule has 0 aromatic rings. The molecule has 0 aliphatic carbocycles. The normalized spacial score (nSPS) is 33.4. The van der Waals surface area contributed by atoms with E-state index < -0.39 is 0 Å². The molecule has 0 amide bonds. The van der Waals surface area contributed by atoms with Gasteiger partial charge in [-0.2, -0.15) is 11.8 Å². The standard InChI is InChI=1S/C14H28N2S/c1-14(2,3)13-10-16(8-5-7-15-13)12-6-4-9-17-11-12/h12-13,15H,4-11H2,1-3H3. The first-order chi connectivity index (χ1) is 8.07. The molecule has 2 atom stereocenters. The molecule has 0 saturated carbocycles. The molecule has 2 aliphatic heterocycles. The lowest BCUT2D eigenvalue weighted by Gasteiger charge is -2.38. The zero-order valence-electron chi connectivity index (χ0n) is 11.7. The number of thioether (sulfide) groups is 1. The first-order valence-corrected chi connectivity index (χ1v) is 8.28. The summed E-state index contributed by atoms with van der Waals surface area (Å²) in [6.45, 7) is 10.8. The van der Waals surface area contributed by atoms with Crippen molar-refractivity contribution < 1.29 is 0 Å². The molecule has 2 fully saturated rings. The van der Waals surface area contributed by atoms with E-state index in [1.807, 2.05) is 0 Å². The molecule has 100 valence electrons. The molecule has 2 heterocycles. The summed E-state index contributed by atoms with van der Waals surface area (Å²) in [5, 5.41) is 3.74. The molecule has 2 unspecified atom stereocenters. The summed E-state index contributed by atoms with van der Waals surface area (Å²) in [7, 11) is 0. The van der Waals surface area contributed by atoms with Gasteiger partial charge < -0.3 is 5.32 Å². The first-order valence-electron chi connectivity index (χ1n) is 7.12. The van der Waals surface area contributed by atoms with E-state index in [4.69, 9.17) is 0 Å². The van der Waals surface area contributed by atoms with E-state index in [2.05, 4.69) is 42.7 Å². The summed E-state index contributed by atoms with van der Waals surface area (Å²) < 4.78 is 0. The molecule has 2 nitrogen and oxygen atoms in total. The summed E-state index contributed by atoms with van der Waals surface area (Å²) in [6, 6.07) is 1.50. The molecule has 1 N–H and O–H groups in total. The highest BCUT2D eigenvalue weighted by molar-refractivity contribution is 7.99. The Morgan fingerprint density at radius 2 is 2.06 bits per heavy atom. The van der Waals surface area contributed by atoms with E-state index >= 15 is 0 Å². The van der Waals surface area contributed by atoms with Gasteiger partial charge in [-0.15, -0.1) is 0 Å². The summed E-state index contributed by atoms with van der Waals surface area (Å²) in [6.07, 6.45) is 4.15. The highest BCUT2D eigenvalue weighted by Gasteiger charge is 2.31. The molecule has 0 radical (unpaired) electrons. The van der Waals surface area contributed by atoms with Gasteiger partial charge in [0.1, 0.15) is 0 Å². The quantitative estimate of drug-likeness (QED) is 0.776. The second-order valence-corrected chi connectivity index (χ2v) is 7.74. The largest absolute Gasteiger partial charge is 0.312 e. The average Bonchev–Trinajstić information content (AvgIpc) is 2.55. The molecule has 0 aromatic heterocycles. The zero-order valence-corrected chi connectivity index (χ0v) is 12.5. The molecule has 17 heavy (non-hydrogen) atoms. The van der Waals surface area contributed by atoms with Gasteiger partial charge in [-0.05, 0) is 43.5 Å². The van der Waals surface area contributed by atoms with Crippen molar-refractivity contribution in [1.29, 1.82) is 0 Å². The number of nitrogens with one attached hydrogen (secondary N) is 1. The van der Waals surface area contributed by atoms with Gasteiger partial charge >= 0.3 is 0 Å². The van der Waals surface area contributed by atoms with Crippen LogP contribution >= 0.6 is 11.8 Å². The van der Waals surface area contributed by atoms with E-state index in [1.54, 1.807) is 0 Å². The van der Waals surface area contributed by atoms with Crippen LogP contribution in [0.1, 0.15) is 40.0 Å². The van der Waals surface area contributed by atoms with Crippen molar-refractivity contribution in [2.75, 3.05) is 31.1 Å². The maximum atomic E-state index is 3.74. The SMILES string of the molecule is CC(C)(C)C1CN(C2CCCSC2)CCCN1. The number of rotatable bonds is 1. The minimum absolute atomic E-state index is 0.379. The highest BCUT2D eigenvalue weighted by atomic mass is 32.2. The van der Waals surface area contributed by atoms with Gasteiger partial charge in [0.2, 0.25) is 0 Å². The lowest BCUT2D eigenvalue weighted by Crippen LogP contribution is -2.49. The van der Waals surface area contributed by atoms with Crippen molar-refractivity contribution >= 4 is 11.8 Å². The Morgan fingerprint density at radius 3 is 2.71 bits per heavy atom. The van der Waals surface area contributed by atoms with E-state index in [-0.39, 0.29) is 0 Å². The molecule has 3 heteroatoms. The highest BCUT2D eigenvalue weighted by Crippen LogP contribution is 2.26. The van der Waals surface area contributed by atoms with Crippen molar-refractivity contribution in [3.05, 3.63) is 0 Å². The lowest BCUT2D eigenvalue weighted by atomic mass is 9.86.